The Labute approximate surface area is 130 Å². The van der Waals surface area contributed by atoms with Crippen LogP contribution in [0, 0.1) is 5.92 Å². The molecule has 3 rings (SSSR count). The van der Waals surface area contributed by atoms with Crippen LogP contribution in [0.3, 0.4) is 0 Å². The Balaban J connectivity index is 1.69. The lowest BCUT2D eigenvalue weighted by atomic mass is 9.62. The lowest BCUT2D eigenvalue weighted by molar-refractivity contribution is -0.140. The summed E-state index contributed by atoms with van der Waals surface area (Å²) in [6.07, 6.45) is 17.2. The summed E-state index contributed by atoms with van der Waals surface area (Å²) in [5.74, 6) is 1.40. The minimum Gasteiger partial charge on any atom is -0.298 e. The molecule has 0 amide bonds. The second-order valence-electron chi connectivity index (χ2n) is 7.79. The van der Waals surface area contributed by atoms with Crippen LogP contribution >= 0.6 is 0 Å². The van der Waals surface area contributed by atoms with Crippen LogP contribution in [0.25, 0.3) is 0 Å². The van der Waals surface area contributed by atoms with Gasteiger partial charge < -0.3 is 0 Å². The zero-order valence-corrected chi connectivity index (χ0v) is 13.9. The first-order valence-electron chi connectivity index (χ1n) is 9.55. The molecule has 0 radical (unpaired) electrons. The van der Waals surface area contributed by atoms with E-state index in [1.807, 2.05) is 0 Å². The molecule has 3 fully saturated rings. The Morgan fingerprint density at radius 2 is 2.00 bits per heavy atom. The number of hydrogen-bond acceptors (Lipinski definition) is 2. The van der Waals surface area contributed by atoms with Gasteiger partial charge in [-0.1, -0.05) is 45.4 Å². The van der Waals surface area contributed by atoms with Crippen molar-refractivity contribution >= 4 is 5.78 Å². The number of carbonyl (C=O) groups excluding carboxylic acids is 1. The lowest BCUT2D eigenvalue weighted by Crippen LogP contribution is -2.65. The van der Waals surface area contributed by atoms with E-state index in [0.717, 1.165) is 18.9 Å². The summed E-state index contributed by atoms with van der Waals surface area (Å²) in [5.41, 5.74) is 0.430. The number of carbonyl (C=O) groups is 1. The first-order valence-corrected chi connectivity index (χ1v) is 9.55. The maximum Gasteiger partial charge on any atom is 0.146 e. The van der Waals surface area contributed by atoms with Gasteiger partial charge >= 0.3 is 0 Å². The number of hydrogen-bond donors (Lipinski definition) is 0. The smallest absolute Gasteiger partial charge is 0.146 e. The molecule has 3 aliphatic rings. The van der Waals surface area contributed by atoms with E-state index in [0.29, 0.717) is 17.4 Å². The monoisotopic (exact) mass is 291 g/mol. The summed E-state index contributed by atoms with van der Waals surface area (Å²) >= 11 is 0. The largest absolute Gasteiger partial charge is 0.298 e. The average molecular weight is 291 g/mol. The summed E-state index contributed by atoms with van der Waals surface area (Å²) in [4.78, 5) is 14.8. The van der Waals surface area contributed by atoms with E-state index < -0.39 is 0 Å². The highest BCUT2D eigenvalue weighted by Gasteiger charge is 2.52. The van der Waals surface area contributed by atoms with Gasteiger partial charge in [0, 0.05) is 18.0 Å². The Bertz CT molecular complexity index is 367. The molecule has 2 saturated heterocycles. The van der Waals surface area contributed by atoms with Gasteiger partial charge in [-0.25, -0.2) is 0 Å². The molecular weight excluding hydrogens is 258 g/mol. The molecule has 2 nitrogen and oxygen atoms in total. The Morgan fingerprint density at radius 3 is 2.86 bits per heavy atom. The molecule has 1 aliphatic carbocycles. The Hall–Kier alpha value is -0.370. The summed E-state index contributed by atoms with van der Waals surface area (Å²) < 4.78 is 0. The summed E-state index contributed by atoms with van der Waals surface area (Å²) in [6.45, 7) is 3.06. The normalized spacial score (nSPS) is 37.1. The molecular formula is C19H33NO. The maximum absolute atomic E-state index is 12.1. The SMILES string of the molecule is CCCCCC[C@@H]1CC[C@H]2CCCC[C@@]23CCC(=O)CN13. The van der Waals surface area contributed by atoms with Crippen molar-refractivity contribution < 1.29 is 4.79 Å². The molecule has 0 aromatic rings. The predicted octanol–water partition coefficient (Wildman–Crippen LogP) is 4.71. The van der Waals surface area contributed by atoms with Gasteiger partial charge in [0.05, 0.1) is 6.54 Å². The highest BCUT2D eigenvalue weighted by molar-refractivity contribution is 5.81. The van der Waals surface area contributed by atoms with Gasteiger partial charge in [-0.05, 0) is 44.4 Å². The molecule has 0 aromatic heterocycles. The number of nitrogens with zero attached hydrogens (tertiary/aromatic N) is 1. The van der Waals surface area contributed by atoms with Crippen molar-refractivity contribution in [3.8, 4) is 0 Å². The zero-order chi connectivity index (χ0) is 14.7. The predicted molar refractivity (Wildman–Crippen MR) is 87.4 cm³/mol. The molecule has 0 unspecified atom stereocenters. The van der Waals surface area contributed by atoms with Crippen molar-refractivity contribution in [2.75, 3.05) is 6.54 Å². The molecule has 21 heavy (non-hydrogen) atoms. The molecule has 120 valence electrons. The molecule has 0 bridgehead atoms. The van der Waals surface area contributed by atoms with Gasteiger partial charge in [0.2, 0.25) is 0 Å². The highest BCUT2D eigenvalue weighted by atomic mass is 16.1. The van der Waals surface area contributed by atoms with E-state index in [9.17, 15) is 4.79 Å². The van der Waals surface area contributed by atoms with Crippen molar-refractivity contribution in [3.63, 3.8) is 0 Å². The number of Topliss-reactive ketones (excluding diaryl/α,β-unsaturated/α-hetero) is 1. The number of piperidine rings is 2. The fourth-order valence-electron chi connectivity index (χ4n) is 5.49. The third-order valence-electron chi connectivity index (χ3n) is 6.61. The van der Waals surface area contributed by atoms with Gasteiger partial charge in [0.15, 0.2) is 0 Å². The van der Waals surface area contributed by atoms with E-state index in [2.05, 4.69) is 11.8 Å². The fourth-order valence-corrected chi connectivity index (χ4v) is 5.49. The van der Waals surface area contributed by atoms with Crippen LogP contribution in [0.2, 0.25) is 0 Å². The molecule has 2 heteroatoms. The fraction of sp³-hybridized carbons (Fsp3) is 0.947. The molecule has 1 spiro atoms. The van der Waals surface area contributed by atoms with Crippen molar-refractivity contribution in [1.29, 1.82) is 0 Å². The quantitative estimate of drug-likeness (QED) is 0.683. The van der Waals surface area contributed by atoms with Gasteiger partial charge in [-0.15, -0.1) is 0 Å². The van der Waals surface area contributed by atoms with Crippen LogP contribution < -0.4 is 0 Å². The second-order valence-corrected chi connectivity index (χ2v) is 7.79. The van der Waals surface area contributed by atoms with E-state index in [1.165, 1.54) is 77.0 Å². The van der Waals surface area contributed by atoms with Crippen LogP contribution in [0.4, 0.5) is 0 Å². The van der Waals surface area contributed by atoms with Gasteiger partial charge in [-0.3, -0.25) is 9.69 Å². The number of rotatable bonds is 5. The molecule has 0 aromatic carbocycles. The number of ketones is 1. The standard InChI is InChI=1S/C19H33NO/c1-2-3-4-5-9-17-11-10-16-8-6-7-13-19(16)14-12-18(21)15-20(17)19/h16-17H,2-15H2,1H3/t16-,17-,19-/m1/s1. The minimum atomic E-state index is 0.430. The van der Waals surface area contributed by atoms with Crippen LogP contribution in [-0.2, 0) is 4.79 Å². The van der Waals surface area contributed by atoms with E-state index in [1.54, 1.807) is 0 Å². The van der Waals surface area contributed by atoms with Crippen molar-refractivity contribution in [2.24, 2.45) is 5.92 Å². The van der Waals surface area contributed by atoms with Crippen molar-refractivity contribution in [1.82, 2.24) is 4.90 Å². The Kier molecular flexibility index (Phi) is 5.03. The topological polar surface area (TPSA) is 20.3 Å². The van der Waals surface area contributed by atoms with Crippen LogP contribution in [0.1, 0.15) is 90.4 Å². The van der Waals surface area contributed by atoms with Crippen LogP contribution in [-0.4, -0.2) is 28.8 Å². The average Bonchev–Trinajstić information content (AvgIpc) is 2.51. The zero-order valence-electron chi connectivity index (χ0n) is 13.9. The van der Waals surface area contributed by atoms with Gasteiger partial charge in [0.25, 0.3) is 0 Å². The number of unbranched alkanes of at least 4 members (excludes halogenated alkanes) is 3. The maximum atomic E-state index is 12.1. The first kappa shape index (κ1) is 15.5. The molecule has 0 N–H and O–H groups in total. The van der Waals surface area contributed by atoms with E-state index in [4.69, 9.17) is 0 Å². The van der Waals surface area contributed by atoms with Crippen molar-refractivity contribution in [3.05, 3.63) is 0 Å². The Morgan fingerprint density at radius 1 is 1.10 bits per heavy atom. The summed E-state index contributed by atoms with van der Waals surface area (Å²) in [5, 5.41) is 0. The van der Waals surface area contributed by atoms with Crippen molar-refractivity contribution in [2.45, 2.75) is 102 Å². The lowest BCUT2D eigenvalue weighted by Gasteiger charge is -2.60. The second kappa shape index (κ2) is 6.81. The summed E-state index contributed by atoms with van der Waals surface area (Å²) in [6, 6.07) is 0.709. The third kappa shape index (κ3) is 3.06. The van der Waals surface area contributed by atoms with E-state index in [-0.39, 0.29) is 0 Å². The minimum absolute atomic E-state index is 0.430. The highest BCUT2D eigenvalue weighted by Crippen LogP contribution is 2.50. The van der Waals surface area contributed by atoms with Gasteiger partial charge in [-0.2, -0.15) is 0 Å². The van der Waals surface area contributed by atoms with Crippen LogP contribution in [0.15, 0.2) is 0 Å². The summed E-state index contributed by atoms with van der Waals surface area (Å²) in [7, 11) is 0. The molecule has 1 saturated carbocycles. The first-order chi connectivity index (χ1) is 10.3. The molecule has 2 aliphatic heterocycles. The molecule has 2 heterocycles. The van der Waals surface area contributed by atoms with Crippen LogP contribution in [0.5, 0.6) is 0 Å². The third-order valence-corrected chi connectivity index (χ3v) is 6.61. The van der Waals surface area contributed by atoms with Gasteiger partial charge in [0.1, 0.15) is 5.78 Å². The van der Waals surface area contributed by atoms with E-state index >= 15 is 0 Å². The molecule has 3 atom stereocenters.